The Hall–Kier alpha value is -3.55. The highest BCUT2D eigenvalue weighted by atomic mass is 19.4. The van der Waals surface area contributed by atoms with Gasteiger partial charge in [0.1, 0.15) is 17.7 Å². The average Bonchev–Trinajstić information content (AvgIpc) is 3.68. The predicted molar refractivity (Wildman–Crippen MR) is 140 cm³/mol. The minimum atomic E-state index is -4.46. The van der Waals surface area contributed by atoms with Gasteiger partial charge in [0.2, 0.25) is 0 Å². The third kappa shape index (κ3) is 3.68. The molecular weight excluding hydrogens is 537 g/mol. The van der Waals surface area contributed by atoms with E-state index in [4.69, 9.17) is 4.74 Å². The van der Waals surface area contributed by atoms with Gasteiger partial charge in [0.15, 0.2) is 17.3 Å². The van der Waals surface area contributed by atoms with Crippen molar-refractivity contribution in [1.29, 1.82) is 0 Å². The summed E-state index contributed by atoms with van der Waals surface area (Å²) in [6.07, 6.45) is -1.85. The molecule has 2 aromatic rings. The fourth-order valence-corrected chi connectivity index (χ4v) is 7.80. The van der Waals surface area contributed by atoms with E-state index in [-0.39, 0.29) is 29.3 Å². The summed E-state index contributed by atoms with van der Waals surface area (Å²) in [5.41, 5.74) is -1.96. The largest absolute Gasteiger partial charge is 0.504 e. The summed E-state index contributed by atoms with van der Waals surface area (Å²) in [5.74, 6) is 5.08. The van der Waals surface area contributed by atoms with Gasteiger partial charge in [0.25, 0.3) is 5.91 Å². The molecule has 0 aromatic heterocycles. The minimum Gasteiger partial charge on any atom is -0.504 e. The number of hydrogen-bond donors (Lipinski definition) is 2. The Labute approximate surface area is 234 Å². The summed E-state index contributed by atoms with van der Waals surface area (Å²) in [6, 6.07) is 6.10. The van der Waals surface area contributed by atoms with Crippen molar-refractivity contribution in [3.05, 3.63) is 58.7 Å². The summed E-state index contributed by atoms with van der Waals surface area (Å²) < 4.78 is 45.1. The number of alkyl halides is 3. The molecule has 7 nitrogen and oxygen atoms in total. The van der Waals surface area contributed by atoms with Crippen molar-refractivity contribution < 1.29 is 37.7 Å². The number of ketones is 1. The number of carbonyl (C=O) groups is 2. The smallest absolute Gasteiger partial charge is 0.416 e. The Morgan fingerprint density at radius 2 is 1.88 bits per heavy atom. The number of rotatable bonds is 3. The van der Waals surface area contributed by atoms with Gasteiger partial charge in [-0.25, -0.2) is 0 Å². The zero-order valence-corrected chi connectivity index (χ0v) is 22.4. The molecule has 2 saturated carbocycles. The lowest BCUT2D eigenvalue weighted by Crippen LogP contribution is -2.79. The molecular formula is C31H29F3N2O5. The van der Waals surface area contributed by atoms with Crippen LogP contribution < -0.4 is 4.74 Å². The van der Waals surface area contributed by atoms with Gasteiger partial charge in [-0.1, -0.05) is 5.92 Å². The number of aromatic hydroxyl groups is 1. The van der Waals surface area contributed by atoms with Crippen molar-refractivity contribution in [2.75, 3.05) is 20.1 Å². The molecule has 0 radical (unpaired) electrons. The molecule has 2 N–H and O–H groups in total. The number of phenols is 1. The lowest BCUT2D eigenvalue weighted by Gasteiger charge is -2.63. The van der Waals surface area contributed by atoms with Crippen molar-refractivity contribution >= 4 is 11.7 Å². The summed E-state index contributed by atoms with van der Waals surface area (Å²) in [7, 11) is 1.59. The third-order valence-corrected chi connectivity index (χ3v) is 9.91. The topological polar surface area (TPSA) is 90.3 Å². The van der Waals surface area contributed by atoms with Crippen LogP contribution in [-0.2, 0) is 16.4 Å². The highest BCUT2D eigenvalue weighted by Gasteiger charge is 2.75. The van der Waals surface area contributed by atoms with Gasteiger partial charge >= 0.3 is 6.18 Å². The zero-order valence-electron chi connectivity index (χ0n) is 22.4. The third-order valence-electron chi connectivity index (χ3n) is 9.91. The SMILES string of the molecule is CN(C(=O)C#Cc1ccc(C(F)(F)F)cc1)C1CCC2(O)[C@H]3C(=O)c4ccc(O)c5c4[C@@]2(CCN3CC2CC2)C1O5. The number of piperidine rings is 1. The predicted octanol–water partition coefficient (Wildman–Crippen LogP) is 3.49. The van der Waals surface area contributed by atoms with Crippen molar-refractivity contribution in [3.63, 3.8) is 0 Å². The molecule has 1 saturated heterocycles. The highest BCUT2D eigenvalue weighted by Crippen LogP contribution is 2.66. The van der Waals surface area contributed by atoms with E-state index >= 15 is 0 Å². The van der Waals surface area contributed by atoms with Crippen LogP contribution >= 0.6 is 0 Å². The number of hydrogen-bond acceptors (Lipinski definition) is 6. The first-order chi connectivity index (χ1) is 19.5. The molecule has 2 bridgehead atoms. The second-order valence-corrected chi connectivity index (χ2v) is 12.1. The maximum Gasteiger partial charge on any atom is 0.416 e. The van der Waals surface area contributed by atoms with Crippen molar-refractivity contribution in [2.45, 2.75) is 67.5 Å². The van der Waals surface area contributed by atoms with Crippen LogP contribution in [0.2, 0.25) is 0 Å². The first-order valence-electron chi connectivity index (χ1n) is 14.0. The summed E-state index contributed by atoms with van der Waals surface area (Å²) in [5, 5.41) is 23.3. The number of ether oxygens (including phenoxy) is 1. The first kappa shape index (κ1) is 26.4. The molecule has 41 heavy (non-hydrogen) atoms. The summed E-state index contributed by atoms with van der Waals surface area (Å²) in [4.78, 5) is 30.8. The van der Waals surface area contributed by atoms with Crippen LogP contribution in [-0.4, -0.2) is 75.6 Å². The molecule has 3 aliphatic carbocycles. The number of nitrogens with zero attached hydrogens (tertiary/aromatic N) is 2. The lowest BCUT2D eigenvalue weighted by atomic mass is 9.48. The van der Waals surface area contributed by atoms with Gasteiger partial charge < -0.3 is 19.8 Å². The Morgan fingerprint density at radius 3 is 2.56 bits per heavy atom. The molecule has 2 aromatic carbocycles. The van der Waals surface area contributed by atoms with E-state index in [0.717, 1.165) is 31.5 Å². The maximum absolute atomic E-state index is 13.9. The normalized spacial score (nSPS) is 31.5. The number of benzene rings is 2. The van der Waals surface area contributed by atoms with Crippen LogP contribution in [0.25, 0.3) is 0 Å². The molecule has 7 rings (SSSR count). The van der Waals surface area contributed by atoms with Gasteiger partial charge in [0, 0.05) is 42.7 Å². The fourth-order valence-electron chi connectivity index (χ4n) is 7.80. The zero-order chi connectivity index (χ0) is 28.9. The molecule has 2 aliphatic heterocycles. The van der Waals surface area contributed by atoms with Gasteiger partial charge in [-0.15, -0.1) is 0 Å². The van der Waals surface area contributed by atoms with Crippen LogP contribution in [0.15, 0.2) is 36.4 Å². The van der Waals surface area contributed by atoms with E-state index in [2.05, 4.69) is 16.7 Å². The monoisotopic (exact) mass is 566 g/mol. The van der Waals surface area contributed by atoms with Gasteiger partial charge in [0.05, 0.1) is 17.0 Å². The van der Waals surface area contributed by atoms with Crippen molar-refractivity contribution in [1.82, 2.24) is 9.80 Å². The highest BCUT2D eigenvalue weighted by molar-refractivity contribution is 6.06. The van der Waals surface area contributed by atoms with Crippen molar-refractivity contribution in [2.24, 2.45) is 5.92 Å². The van der Waals surface area contributed by atoms with E-state index in [9.17, 15) is 33.0 Å². The van der Waals surface area contributed by atoms with Crippen molar-refractivity contribution in [3.8, 4) is 23.3 Å². The number of phenolic OH excluding ortho intramolecular Hbond substituents is 1. The van der Waals surface area contributed by atoms with E-state index < -0.39 is 46.9 Å². The number of Topliss-reactive ketones (excluding diaryl/α,β-unsaturated/α-hetero) is 1. The molecule has 5 aliphatic rings. The summed E-state index contributed by atoms with van der Waals surface area (Å²) >= 11 is 0. The fraction of sp³-hybridized carbons (Fsp3) is 0.484. The van der Waals surface area contributed by atoms with E-state index in [0.29, 0.717) is 36.4 Å². The molecule has 3 unspecified atom stereocenters. The van der Waals surface area contributed by atoms with Crippen LogP contribution in [0.5, 0.6) is 11.5 Å². The average molecular weight is 567 g/mol. The van der Waals surface area contributed by atoms with Crippen LogP contribution in [0.3, 0.4) is 0 Å². The lowest BCUT2D eigenvalue weighted by molar-refractivity contribution is -0.187. The van der Waals surface area contributed by atoms with Gasteiger partial charge in [-0.3, -0.25) is 14.5 Å². The molecule has 10 heteroatoms. The standard InChI is InChI=1S/C31H29F3N2O5/c1-35(23(38)11-6-17-4-7-19(8-5-17)31(32,33)34)21-12-13-30(40)27-25(39)20-9-10-22(37)26-24(20)29(30,28(21)41-26)14-15-36(27)16-18-2-3-18/h4-5,7-10,18,21,27-28,37,40H,2-3,12-16H2,1H3/t21?,27-,28?,29+,30?/m1/s1. The number of likely N-dealkylation sites (tertiary alicyclic amines) is 1. The van der Waals surface area contributed by atoms with Crippen LogP contribution in [0.1, 0.15) is 59.2 Å². The van der Waals surface area contributed by atoms with E-state index in [1.807, 2.05) is 0 Å². The quantitative estimate of drug-likeness (QED) is 0.553. The number of carbonyl (C=O) groups excluding carboxylic acids is 2. The van der Waals surface area contributed by atoms with E-state index in [1.54, 1.807) is 13.1 Å². The number of likely N-dealkylation sites (N-methyl/N-ethyl adjacent to an activating group) is 1. The minimum absolute atomic E-state index is 0.114. The van der Waals surface area contributed by atoms with Gasteiger partial charge in [-0.05, 0) is 74.4 Å². The first-order valence-corrected chi connectivity index (χ1v) is 14.0. The number of amides is 1. The van der Waals surface area contributed by atoms with E-state index in [1.165, 1.54) is 23.1 Å². The molecule has 2 heterocycles. The Balaban J connectivity index is 1.23. The molecule has 214 valence electrons. The maximum atomic E-state index is 13.9. The Morgan fingerprint density at radius 1 is 1.15 bits per heavy atom. The van der Waals surface area contributed by atoms with Crippen LogP contribution in [0, 0.1) is 17.8 Å². The summed E-state index contributed by atoms with van der Waals surface area (Å²) in [6.45, 7) is 1.34. The molecule has 1 amide bonds. The van der Waals surface area contributed by atoms with Crippen LogP contribution in [0.4, 0.5) is 13.2 Å². The second-order valence-electron chi connectivity index (χ2n) is 12.1. The second kappa shape index (κ2) is 8.73. The molecule has 5 atom stereocenters. The Bertz CT molecular complexity index is 1530. The molecule has 3 fully saturated rings. The molecule has 1 spiro atoms. The number of halogens is 3. The van der Waals surface area contributed by atoms with Gasteiger partial charge in [-0.2, -0.15) is 13.2 Å². The Kier molecular flexibility index (Phi) is 5.61. The number of aliphatic hydroxyl groups is 1.